The molecule has 0 bridgehead atoms. The largest absolute Gasteiger partial charge is 0.492 e. The molecule has 114 valence electrons. The third-order valence-electron chi connectivity index (χ3n) is 2.79. The van der Waals surface area contributed by atoms with Crippen LogP contribution in [-0.4, -0.2) is 38.8 Å². The number of carbonyl (C=O) groups is 2. The molecule has 21 heavy (non-hydrogen) atoms. The maximum absolute atomic E-state index is 12.2. The van der Waals surface area contributed by atoms with Gasteiger partial charge in [-0.2, -0.15) is 0 Å². The predicted octanol–water partition coefficient (Wildman–Crippen LogP) is 0.0350. The molecule has 9 heteroatoms. The number of benzene rings is 1. The molecule has 3 N–H and O–H groups in total. The van der Waals surface area contributed by atoms with E-state index >= 15 is 0 Å². The van der Waals surface area contributed by atoms with Crippen molar-refractivity contribution in [2.24, 2.45) is 0 Å². The molecule has 8 nitrogen and oxygen atoms in total. The minimum absolute atomic E-state index is 0.240. The summed E-state index contributed by atoms with van der Waals surface area (Å²) in [4.78, 5) is 22.6. The Hall–Kier alpha value is -2.29. The maximum atomic E-state index is 12.2. The molecule has 1 atom stereocenters. The molecule has 0 aromatic heterocycles. The van der Waals surface area contributed by atoms with Gasteiger partial charge >= 0.3 is 6.03 Å². The molecule has 1 aliphatic rings. The first-order chi connectivity index (χ1) is 9.94. The zero-order chi connectivity index (χ0) is 15.5. The third kappa shape index (κ3) is 3.43. The number of imide groups is 1. The molecular formula is C12H15N3O5S. The molecule has 0 radical (unpaired) electrons. The van der Waals surface area contributed by atoms with Crippen LogP contribution in [0.3, 0.4) is 0 Å². The fraction of sp³-hybridized carbons (Fsp3) is 0.333. The fourth-order valence-electron chi connectivity index (χ4n) is 1.82. The lowest BCUT2D eigenvalue weighted by Crippen LogP contribution is -2.58. The number of sulfonamides is 1. The van der Waals surface area contributed by atoms with E-state index in [1.165, 1.54) is 6.07 Å². The van der Waals surface area contributed by atoms with Crippen LogP contribution in [-0.2, 0) is 14.8 Å². The van der Waals surface area contributed by atoms with E-state index in [0.717, 1.165) is 0 Å². The van der Waals surface area contributed by atoms with Crippen LogP contribution in [0.15, 0.2) is 24.3 Å². The van der Waals surface area contributed by atoms with E-state index in [2.05, 4.69) is 10.0 Å². The van der Waals surface area contributed by atoms with Gasteiger partial charge in [-0.15, -0.1) is 0 Å². The van der Waals surface area contributed by atoms with Crippen molar-refractivity contribution in [3.8, 4) is 5.75 Å². The Balaban J connectivity index is 2.22. The molecule has 0 spiro atoms. The topological polar surface area (TPSA) is 114 Å². The number of anilines is 1. The van der Waals surface area contributed by atoms with E-state index in [9.17, 15) is 18.0 Å². The molecule has 3 amide bonds. The maximum Gasteiger partial charge on any atom is 0.321 e. The zero-order valence-corrected chi connectivity index (χ0v) is 12.1. The highest BCUT2D eigenvalue weighted by atomic mass is 32.2. The van der Waals surface area contributed by atoms with Gasteiger partial charge in [0.1, 0.15) is 5.75 Å². The van der Waals surface area contributed by atoms with Crippen LogP contribution >= 0.6 is 0 Å². The van der Waals surface area contributed by atoms with Crippen molar-refractivity contribution in [1.82, 2.24) is 10.6 Å². The Morgan fingerprint density at radius 2 is 2.05 bits per heavy atom. The van der Waals surface area contributed by atoms with Crippen molar-refractivity contribution in [2.45, 2.75) is 12.2 Å². The van der Waals surface area contributed by atoms with E-state index in [4.69, 9.17) is 4.74 Å². The number of carbonyl (C=O) groups excluding carboxylic acids is 2. The van der Waals surface area contributed by atoms with Crippen LogP contribution in [0, 0.1) is 0 Å². The first-order valence-corrected chi connectivity index (χ1v) is 7.81. The molecule has 1 aliphatic heterocycles. The van der Waals surface area contributed by atoms with Crippen LogP contribution in [0.5, 0.6) is 5.75 Å². The number of rotatable bonds is 5. The minimum Gasteiger partial charge on any atom is -0.492 e. The average molecular weight is 313 g/mol. The summed E-state index contributed by atoms with van der Waals surface area (Å²) < 4.78 is 32.1. The van der Waals surface area contributed by atoms with Crippen molar-refractivity contribution in [3.05, 3.63) is 24.3 Å². The van der Waals surface area contributed by atoms with Gasteiger partial charge in [0, 0.05) is 6.54 Å². The van der Waals surface area contributed by atoms with Gasteiger partial charge in [0.05, 0.1) is 12.3 Å². The SMILES string of the molecule is CCOc1ccccc1NS(=O)(=O)C1CNC(=O)NC1=O. The lowest BCUT2D eigenvalue weighted by atomic mass is 10.3. The number of nitrogens with one attached hydrogen (secondary N) is 3. The summed E-state index contributed by atoms with van der Waals surface area (Å²) >= 11 is 0. The number of para-hydroxylation sites is 2. The first kappa shape index (κ1) is 15.1. The lowest BCUT2D eigenvalue weighted by molar-refractivity contribution is -0.120. The Bertz CT molecular complexity index is 659. The molecule has 1 heterocycles. The summed E-state index contributed by atoms with van der Waals surface area (Å²) in [5.41, 5.74) is 0.240. The van der Waals surface area contributed by atoms with E-state index in [0.29, 0.717) is 12.4 Å². The van der Waals surface area contributed by atoms with Crippen molar-refractivity contribution >= 4 is 27.6 Å². The number of urea groups is 1. The van der Waals surface area contributed by atoms with Gasteiger partial charge in [-0.1, -0.05) is 12.1 Å². The van der Waals surface area contributed by atoms with E-state index in [1.54, 1.807) is 25.1 Å². The van der Waals surface area contributed by atoms with Gasteiger partial charge in [-0.3, -0.25) is 14.8 Å². The second-order valence-corrected chi connectivity index (χ2v) is 6.13. The van der Waals surface area contributed by atoms with Crippen molar-refractivity contribution in [2.75, 3.05) is 17.9 Å². The van der Waals surface area contributed by atoms with E-state index in [1.807, 2.05) is 5.32 Å². The summed E-state index contributed by atoms with van der Waals surface area (Å²) in [6, 6.07) is 5.78. The second kappa shape index (κ2) is 6.00. The summed E-state index contributed by atoms with van der Waals surface area (Å²) in [6.07, 6.45) is 0. The third-order valence-corrected chi connectivity index (χ3v) is 4.43. The van der Waals surface area contributed by atoms with Gasteiger partial charge < -0.3 is 10.1 Å². The highest BCUT2D eigenvalue weighted by Crippen LogP contribution is 2.25. The minimum atomic E-state index is -4.01. The molecule has 0 saturated carbocycles. The van der Waals surface area contributed by atoms with Gasteiger partial charge in [0.2, 0.25) is 15.9 Å². The van der Waals surface area contributed by atoms with E-state index < -0.39 is 27.2 Å². The standard InChI is InChI=1S/C12H15N3O5S/c1-2-20-9-6-4-3-5-8(9)15-21(18,19)10-7-13-12(17)14-11(10)16/h3-6,10,15H,2,7H2,1H3,(H2,13,14,16,17). The smallest absolute Gasteiger partial charge is 0.321 e. The van der Waals surface area contributed by atoms with E-state index in [-0.39, 0.29) is 12.2 Å². The number of hydrogen-bond acceptors (Lipinski definition) is 5. The first-order valence-electron chi connectivity index (χ1n) is 6.26. The van der Waals surface area contributed by atoms with Crippen LogP contribution in [0.2, 0.25) is 0 Å². The number of hydrogen-bond donors (Lipinski definition) is 3. The molecule has 1 fully saturated rings. The molecular weight excluding hydrogens is 298 g/mol. The molecule has 1 aromatic rings. The summed E-state index contributed by atoms with van der Waals surface area (Å²) in [5.74, 6) is -0.496. The zero-order valence-electron chi connectivity index (χ0n) is 11.3. The summed E-state index contributed by atoms with van der Waals surface area (Å²) in [6.45, 7) is 1.87. The molecule has 0 aliphatic carbocycles. The second-order valence-electron chi connectivity index (χ2n) is 4.26. The van der Waals surface area contributed by atoms with Crippen LogP contribution in [0.4, 0.5) is 10.5 Å². The Kier molecular flexibility index (Phi) is 4.32. The number of ether oxygens (including phenoxy) is 1. The molecule has 1 aromatic carbocycles. The predicted molar refractivity (Wildman–Crippen MR) is 75.5 cm³/mol. The highest BCUT2D eigenvalue weighted by molar-refractivity contribution is 7.94. The van der Waals surface area contributed by atoms with Gasteiger partial charge in [-0.25, -0.2) is 13.2 Å². The molecule has 1 unspecified atom stereocenters. The van der Waals surface area contributed by atoms with Crippen molar-refractivity contribution in [3.63, 3.8) is 0 Å². The molecule has 2 rings (SSSR count). The summed E-state index contributed by atoms with van der Waals surface area (Å²) in [7, 11) is -4.01. The van der Waals surface area contributed by atoms with Gasteiger partial charge in [0.25, 0.3) is 0 Å². The Morgan fingerprint density at radius 1 is 1.33 bits per heavy atom. The normalized spacial score (nSPS) is 18.6. The number of amides is 3. The van der Waals surface area contributed by atoms with Crippen LogP contribution < -0.4 is 20.1 Å². The van der Waals surface area contributed by atoms with Crippen LogP contribution in [0.25, 0.3) is 0 Å². The van der Waals surface area contributed by atoms with Crippen LogP contribution in [0.1, 0.15) is 6.92 Å². The summed E-state index contributed by atoms with van der Waals surface area (Å²) in [5, 5.41) is 2.80. The van der Waals surface area contributed by atoms with Gasteiger partial charge in [0.15, 0.2) is 5.25 Å². The Morgan fingerprint density at radius 3 is 2.71 bits per heavy atom. The monoisotopic (exact) mass is 313 g/mol. The fourth-order valence-corrected chi connectivity index (χ4v) is 3.08. The molecule has 1 saturated heterocycles. The quantitative estimate of drug-likeness (QED) is 0.710. The van der Waals surface area contributed by atoms with Crippen molar-refractivity contribution in [1.29, 1.82) is 0 Å². The highest BCUT2D eigenvalue weighted by Gasteiger charge is 2.37. The van der Waals surface area contributed by atoms with Crippen molar-refractivity contribution < 1.29 is 22.7 Å². The lowest BCUT2D eigenvalue weighted by Gasteiger charge is -2.23. The average Bonchev–Trinajstić information content (AvgIpc) is 2.40. The van der Waals surface area contributed by atoms with Gasteiger partial charge in [-0.05, 0) is 19.1 Å². The Labute approximate surface area is 121 Å².